The van der Waals surface area contributed by atoms with Gasteiger partial charge in [-0.1, -0.05) is 60.1 Å². The van der Waals surface area contributed by atoms with Crippen molar-refractivity contribution in [3.8, 4) is 6.07 Å². The number of aliphatic hydroxyl groups excluding tert-OH is 1. The molecule has 1 amide bonds. The average molecular weight is 580 g/mol. The number of fused-ring (bicyclic) bond motifs is 7. The third-order valence-electron chi connectivity index (χ3n) is 13.3. The molecule has 0 aromatic rings. The Balaban J connectivity index is 1.58. The molecule has 7 nitrogen and oxygen atoms in total. The summed E-state index contributed by atoms with van der Waals surface area (Å²) in [4.78, 5) is 28.7. The molecule has 0 saturated heterocycles. The molecule has 4 N–H and O–H groups in total. The number of carbonyl (C=O) groups is 2. The molecule has 0 heterocycles. The van der Waals surface area contributed by atoms with E-state index in [4.69, 9.17) is 10.5 Å². The molecule has 5 rings (SSSR count). The van der Waals surface area contributed by atoms with Gasteiger partial charge in [-0.25, -0.2) is 0 Å². The smallest absolute Gasteiger partial charge is 0.226 e. The average Bonchev–Trinajstić information content (AvgIpc) is 2.91. The highest BCUT2D eigenvalue weighted by atomic mass is 16.5. The molecule has 5 aliphatic rings. The Kier molecular flexibility index (Phi) is 7.69. The van der Waals surface area contributed by atoms with Crippen LogP contribution in [0.5, 0.6) is 0 Å². The van der Waals surface area contributed by atoms with Crippen molar-refractivity contribution >= 4 is 11.7 Å². The number of hydrogen-bond donors (Lipinski definition) is 3. The lowest BCUT2D eigenvalue weighted by atomic mass is 9.34. The monoisotopic (exact) mass is 579 g/mol. The van der Waals surface area contributed by atoms with E-state index in [9.17, 15) is 20.0 Å². The summed E-state index contributed by atoms with van der Waals surface area (Å²) >= 11 is 0. The van der Waals surface area contributed by atoms with Crippen LogP contribution in [-0.2, 0) is 14.3 Å². The number of ether oxygens (including phenoxy) is 1. The van der Waals surface area contributed by atoms with Crippen molar-refractivity contribution in [3.05, 3.63) is 23.3 Å². The number of nitrogens with zero attached hydrogens (tertiary/aromatic N) is 1. The number of hydrogen-bond acceptors (Lipinski definition) is 6. The highest BCUT2D eigenvalue weighted by Gasteiger charge is 2.70. The van der Waals surface area contributed by atoms with Gasteiger partial charge in [-0.05, 0) is 84.5 Å². The maximum Gasteiger partial charge on any atom is 0.226 e. The van der Waals surface area contributed by atoms with E-state index in [1.807, 2.05) is 12.2 Å². The summed E-state index contributed by atoms with van der Waals surface area (Å²) in [6.45, 7) is 17.4. The van der Waals surface area contributed by atoms with Crippen LogP contribution in [0.1, 0.15) is 93.4 Å². The van der Waals surface area contributed by atoms with Gasteiger partial charge < -0.3 is 20.9 Å². The summed E-state index contributed by atoms with van der Waals surface area (Å²) < 4.78 is 5.53. The van der Waals surface area contributed by atoms with E-state index in [2.05, 4.69) is 59.9 Å². The predicted molar refractivity (Wildman–Crippen MR) is 163 cm³/mol. The number of nitriles is 1. The third-order valence-corrected chi connectivity index (χ3v) is 13.3. The van der Waals surface area contributed by atoms with Crippen molar-refractivity contribution in [2.75, 3.05) is 26.3 Å². The number of ketones is 1. The molecule has 42 heavy (non-hydrogen) atoms. The maximum atomic E-state index is 14.6. The van der Waals surface area contributed by atoms with Gasteiger partial charge in [0.25, 0.3) is 0 Å². The number of allylic oxidation sites excluding steroid dienone is 3. The van der Waals surface area contributed by atoms with Crippen molar-refractivity contribution in [1.82, 2.24) is 5.32 Å². The number of carbonyl (C=O) groups excluding carboxylic acids is 2. The molecule has 5 aliphatic carbocycles. The van der Waals surface area contributed by atoms with Crippen LogP contribution in [0.3, 0.4) is 0 Å². The zero-order valence-corrected chi connectivity index (χ0v) is 26.9. The lowest BCUT2D eigenvalue weighted by Gasteiger charge is -2.69. The molecular weight excluding hydrogens is 526 g/mol. The molecular formula is C35H53N3O4. The first-order valence-electron chi connectivity index (χ1n) is 16.2. The van der Waals surface area contributed by atoms with E-state index in [1.54, 1.807) is 0 Å². The van der Waals surface area contributed by atoms with E-state index in [1.165, 1.54) is 0 Å². The van der Waals surface area contributed by atoms with E-state index in [-0.39, 0.29) is 45.7 Å². The predicted octanol–water partition coefficient (Wildman–Crippen LogP) is 5.09. The van der Waals surface area contributed by atoms with Crippen LogP contribution in [0.15, 0.2) is 23.3 Å². The third kappa shape index (κ3) is 4.30. The quantitative estimate of drug-likeness (QED) is 0.377. The summed E-state index contributed by atoms with van der Waals surface area (Å²) in [5, 5.41) is 24.3. The molecule has 0 bridgehead atoms. The number of aliphatic hydroxyl groups is 1. The molecule has 0 aromatic heterocycles. The Morgan fingerprint density at radius 2 is 1.79 bits per heavy atom. The molecule has 0 spiro atoms. The Morgan fingerprint density at radius 1 is 1.10 bits per heavy atom. The van der Waals surface area contributed by atoms with Gasteiger partial charge in [0.05, 0.1) is 36.4 Å². The summed E-state index contributed by atoms with van der Waals surface area (Å²) in [6, 6.07) is 2.28. The lowest BCUT2D eigenvalue weighted by molar-refractivity contribution is -0.179. The molecule has 0 aromatic carbocycles. The summed E-state index contributed by atoms with van der Waals surface area (Å²) in [5.41, 5.74) is 5.03. The van der Waals surface area contributed by atoms with Crippen molar-refractivity contribution < 1.29 is 19.4 Å². The number of nitrogens with two attached hydrogens (primary N) is 1. The maximum absolute atomic E-state index is 14.6. The molecule has 3 fully saturated rings. The second-order valence-corrected chi connectivity index (χ2v) is 16.3. The Morgan fingerprint density at radius 3 is 2.45 bits per heavy atom. The van der Waals surface area contributed by atoms with E-state index < -0.39 is 22.3 Å². The van der Waals surface area contributed by atoms with Gasteiger partial charge in [-0.3, -0.25) is 9.59 Å². The highest BCUT2D eigenvalue weighted by molar-refractivity contribution is 5.96. The Labute approximate surface area is 252 Å². The zero-order valence-electron chi connectivity index (χ0n) is 26.9. The molecule has 0 radical (unpaired) electrons. The van der Waals surface area contributed by atoms with Gasteiger partial charge in [-0.2, -0.15) is 5.26 Å². The van der Waals surface area contributed by atoms with Gasteiger partial charge >= 0.3 is 0 Å². The lowest BCUT2D eigenvalue weighted by Crippen LogP contribution is -2.66. The van der Waals surface area contributed by atoms with Gasteiger partial charge in [0.1, 0.15) is 0 Å². The van der Waals surface area contributed by atoms with Crippen LogP contribution in [0.2, 0.25) is 0 Å². The standard InChI is InChI=1S/C35H53N3O4/c1-30(2)10-12-35(29(41)38-15-17-42-16-14-36)13-11-34(7)27(23(35)20-30)24(39)18-26-32(5)19-22(21-37)28(40)31(3,4)25(32)8-9-33(26,34)6/h18-19,23,25,27-28,40H,8-17,20,36H2,1-7H3,(H,38,41)/t23-,25+,27+,28?,32+,33-,34-,35+/m1/s1. The Bertz CT molecular complexity index is 1240. The SMILES string of the molecule is CC1(C)CC[C@]2(C(=O)NCCOCCN)CC[C@]3(C)[C@H](C(=O)C=C4[C@@]5(C)C=C(C#N)C(O)C(C)(C)[C@@H]5CC[C@]43C)[C@H]2C1. The van der Waals surface area contributed by atoms with Crippen molar-refractivity contribution in [2.45, 2.75) is 99.5 Å². The van der Waals surface area contributed by atoms with Crippen molar-refractivity contribution in [1.29, 1.82) is 5.26 Å². The van der Waals surface area contributed by atoms with Gasteiger partial charge in [0, 0.05) is 24.4 Å². The first-order chi connectivity index (χ1) is 19.5. The molecule has 232 valence electrons. The Hall–Kier alpha value is -2.01. The summed E-state index contributed by atoms with van der Waals surface area (Å²) in [7, 11) is 0. The minimum atomic E-state index is -0.813. The minimum Gasteiger partial charge on any atom is -0.387 e. The number of nitrogens with one attached hydrogen (secondary N) is 1. The van der Waals surface area contributed by atoms with E-state index in [0.29, 0.717) is 31.9 Å². The van der Waals surface area contributed by atoms with Crippen LogP contribution in [-0.4, -0.2) is 49.2 Å². The van der Waals surface area contributed by atoms with Crippen LogP contribution in [0.25, 0.3) is 0 Å². The van der Waals surface area contributed by atoms with Gasteiger partial charge in [0.15, 0.2) is 5.78 Å². The highest BCUT2D eigenvalue weighted by Crippen LogP contribution is 2.74. The fourth-order valence-electron chi connectivity index (χ4n) is 10.8. The normalized spacial score (nSPS) is 43.4. The van der Waals surface area contributed by atoms with Crippen molar-refractivity contribution in [3.63, 3.8) is 0 Å². The van der Waals surface area contributed by atoms with Gasteiger partial charge in [0.2, 0.25) is 5.91 Å². The minimum absolute atomic E-state index is 0.0348. The van der Waals surface area contributed by atoms with Crippen molar-refractivity contribution in [2.24, 2.45) is 56.0 Å². The van der Waals surface area contributed by atoms with Gasteiger partial charge in [-0.15, -0.1) is 0 Å². The first kappa shape index (κ1) is 31.4. The zero-order chi connectivity index (χ0) is 30.9. The van der Waals surface area contributed by atoms with Crippen LogP contribution < -0.4 is 11.1 Å². The second-order valence-electron chi connectivity index (χ2n) is 16.3. The number of rotatable bonds is 6. The van der Waals surface area contributed by atoms with Crippen LogP contribution >= 0.6 is 0 Å². The molecule has 0 aliphatic heterocycles. The summed E-state index contributed by atoms with van der Waals surface area (Å²) in [5.74, 6) is 0.0731. The first-order valence-corrected chi connectivity index (χ1v) is 16.2. The summed E-state index contributed by atoms with van der Waals surface area (Å²) in [6.07, 6.45) is 9.17. The second kappa shape index (κ2) is 10.3. The molecule has 3 saturated carbocycles. The largest absolute Gasteiger partial charge is 0.387 e. The van der Waals surface area contributed by atoms with Crippen LogP contribution in [0.4, 0.5) is 0 Å². The molecule has 7 heteroatoms. The molecule has 1 unspecified atom stereocenters. The number of amides is 1. The molecule has 8 atom stereocenters. The van der Waals surface area contributed by atoms with E-state index in [0.717, 1.165) is 50.5 Å². The fourth-order valence-corrected chi connectivity index (χ4v) is 10.8. The fraction of sp³-hybridized carbons (Fsp3) is 0.800. The van der Waals surface area contributed by atoms with Crippen LogP contribution in [0, 0.1) is 61.6 Å². The topological polar surface area (TPSA) is 125 Å². The van der Waals surface area contributed by atoms with E-state index >= 15 is 0 Å².